The molecule has 0 spiro atoms. The van der Waals surface area contributed by atoms with Gasteiger partial charge in [-0.2, -0.15) is 0 Å². The van der Waals surface area contributed by atoms with Gasteiger partial charge in [-0.15, -0.1) is 11.3 Å². The van der Waals surface area contributed by atoms with Crippen LogP contribution in [0, 0.1) is 0 Å². The molecule has 1 aromatic heterocycles. The summed E-state index contributed by atoms with van der Waals surface area (Å²) in [5.41, 5.74) is 1.55. The van der Waals surface area contributed by atoms with E-state index in [9.17, 15) is 0 Å². The molecule has 3 heteroatoms. The highest BCUT2D eigenvalue weighted by Gasteiger charge is 2.17. The maximum Gasteiger partial charge on any atom is 0.0245 e. The molecular formula is C11H18N2S. The normalized spacial score (nSPS) is 19.3. The Morgan fingerprint density at radius 1 is 1.64 bits per heavy atom. The first kappa shape index (κ1) is 10.1. The van der Waals surface area contributed by atoms with Crippen LogP contribution >= 0.6 is 11.3 Å². The van der Waals surface area contributed by atoms with E-state index in [1.807, 2.05) is 18.4 Å². The quantitative estimate of drug-likeness (QED) is 0.817. The van der Waals surface area contributed by atoms with Crippen molar-refractivity contribution in [3.63, 3.8) is 0 Å². The molecule has 0 amide bonds. The van der Waals surface area contributed by atoms with E-state index in [-0.39, 0.29) is 0 Å². The summed E-state index contributed by atoms with van der Waals surface area (Å²) in [5, 5.41) is 5.51. The Balaban J connectivity index is 1.94. The second-order valence-electron chi connectivity index (χ2n) is 4.04. The molecule has 2 rings (SSSR count). The number of likely N-dealkylation sites (N-methyl/N-ethyl adjacent to an activating group) is 1. The molecule has 0 aliphatic carbocycles. The molecule has 78 valence electrons. The molecule has 0 saturated heterocycles. The van der Waals surface area contributed by atoms with Gasteiger partial charge in [0.05, 0.1) is 0 Å². The van der Waals surface area contributed by atoms with Crippen LogP contribution in [0.4, 0.5) is 0 Å². The Labute approximate surface area is 89.9 Å². The highest BCUT2D eigenvalue weighted by atomic mass is 32.1. The van der Waals surface area contributed by atoms with Crippen molar-refractivity contribution in [3.8, 4) is 0 Å². The molecule has 0 aromatic carbocycles. The summed E-state index contributed by atoms with van der Waals surface area (Å²) in [4.78, 5) is 4.13. The molecule has 0 fully saturated rings. The first-order chi connectivity index (χ1) is 6.79. The van der Waals surface area contributed by atoms with Crippen molar-refractivity contribution >= 4 is 11.3 Å². The fraction of sp³-hybridized carbons (Fsp3) is 0.636. The lowest BCUT2D eigenvalue weighted by Crippen LogP contribution is -2.39. The molecule has 1 unspecified atom stereocenters. The summed E-state index contributed by atoms with van der Waals surface area (Å²) < 4.78 is 0. The second-order valence-corrected chi connectivity index (χ2v) is 5.04. The van der Waals surface area contributed by atoms with Crippen molar-refractivity contribution in [2.45, 2.75) is 25.9 Å². The Bertz CT molecular complexity index is 295. The maximum atomic E-state index is 3.29. The van der Waals surface area contributed by atoms with Crippen LogP contribution < -0.4 is 5.32 Å². The van der Waals surface area contributed by atoms with Gasteiger partial charge < -0.3 is 5.32 Å². The molecule has 1 aromatic rings. The van der Waals surface area contributed by atoms with E-state index in [4.69, 9.17) is 0 Å². The number of hydrogen-bond acceptors (Lipinski definition) is 3. The van der Waals surface area contributed by atoms with Crippen molar-refractivity contribution < 1.29 is 0 Å². The number of rotatable bonds is 3. The standard InChI is InChI=1S/C11H18N2S/c1-9(12-2)7-13-5-3-11-10(8-13)4-6-14-11/h4,6,9,12H,3,5,7-8H2,1-2H3. The van der Waals surface area contributed by atoms with Gasteiger partial charge in [-0.3, -0.25) is 4.90 Å². The van der Waals surface area contributed by atoms with Crippen LogP contribution in [0.2, 0.25) is 0 Å². The molecule has 2 nitrogen and oxygen atoms in total. The topological polar surface area (TPSA) is 15.3 Å². The Morgan fingerprint density at radius 2 is 2.50 bits per heavy atom. The lowest BCUT2D eigenvalue weighted by molar-refractivity contribution is 0.235. The predicted molar refractivity (Wildman–Crippen MR) is 61.8 cm³/mol. The van der Waals surface area contributed by atoms with Crippen molar-refractivity contribution in [2.75, 3.05) is 20.1 Å². The van der Waals surface area contributed by atoms with Crippen LogP contribution in [0.15, 0.2) is 11.4 Å². The maximum absolute atomic E-state index is 3.29. The number of thiophene rings is 1. The van der Waals surface area contributed by atoms with Gasteiger partial charge in [-0.25, -0.2) is 0 Å². The highest BCUT2D eigenvalue weighted by Crippen LogP contribution is 2.23. The minimum absolute atomic E-state index is 0.593. The smallest absolute Gasteiger partial charge is 0.0245 e. The van der Waals surface area contributed by atoms with E-state index in [0.29, 0.717) is 6.04 Å². The third-order valence-electron chi connectivity index (χ3n) is 2.91. The Morgan fingerprint density at radius 3 is 3.29 bits per heavy atom. The molecule has 2 heterocycles. The summed E-state index contributed by atoms with van der Waals surface area (Å²) in [7, 11) is 2.03. The van der Waals surface area contributed by atoms with Gasteiger partial charge in [-0.05, 0) is 37.4 Å². The number of nitrogens with zero attached hydrogens (tertiary/aromatic N) is 1. The van der Waals surface area contributed by atoms with Gasteiger partial charge in [0, 0.05) is 30.6 Å². The lowest BCUT2D eigenvalue weighted by atomic mass is 10.1. The molecular weight excluding hydrogens is 192 g/mol. The van der Waals surface area contributed by atoms with E-state index in [1.165, 1.54) is 13.0 Å². The fourth-order valence-electron chi connectivity index (χ4n) is 1.94. The van der Waals surface area contributed by atoms with Crippen molar-refractivity contribution in [1.82, 2.24) is 10.2 Å². The summed E-state index contributed by atoms with van der Waals surface area (Å²) in [6.45, 7) is 5.76. The van der Waals surface area contributed by atoms with Crippen LogP contribution in [-0.4, -0.2) is 31.1 Å². The minimum atomic E-state index is 0.593. The highest BCUT2D eigenvalue weighted by molar-refractivity contribution is 7.10. The zero-order valence-electron chi connectivity index (χ0n) is 8.92. The number of fused-ring (bicyclic) bond motifs is 1. The average Bonchev–Trinajstić information content (AvgIpc) is 2.64. The number of hydrogen-bond donors (Lipinski definition) is 1. The molecule has 1 aliphatic rings. The first-order valence-electron chi connectivity index (χ1n) is 5.24. The van der Waals surface area contributed by atoms with Crippen LogP contribution in [0.25, 0.3) is 0 Å². The average molecular weight is 210 g/mol. The SMILES string of the molecule is CNC(C)CN1CCc2sccc2C1. The zero-order valence-corrected chi connectivity index (χ0v) is 9.73. The van der Waals surface area contributed by atoms with Gasteiger partial charge >= 0.3 is 0 Å². The largest absolute Gasteiger partial charge is 0.316 e. The van der Waals surface area contributed by atoms with Crippen molar-refractivity contribution in [2.24, 2.45) is 0 Å². The summed E-state index contributed by atoms with van der Waals surface area (Å²) in [6.07, 6.45) is 1.24. The van der Waals surface area contributed by atoms with Gasteiger partial charge in [0.1, 0.15) is 0 Å². The minimum Gasteiger partial charge on any atom is -0.316 e. The molecule has 1 atom stereocenters. The molecule has 0 bridgehead atoms. The summed E-state index contributed by atoms with van der Waals surface area (Å²) in [5.74, 6) is 0. The predicted octanol–water partition coefficient (Wildman–Crippen LogP) is 1.71. The van der Waals surface area contributed by atoms with Crippen LogP contribution in [0.1, 0.15) is 17.4 Å². The molecule has 0 saturated carbocycles. The first-order valence-corrected chi connectivity index (χ1v) is 6.12. The van der Waals surface area contributed by atoms with Crippen molar-refractivity contribution in [3.05, 3.63) is 21.9 Å². The third kappa shape index (κ3) is 2.16. The van der Waals surface area contributed by atoms with Crippen molar-refractivity contribution in [1.29, 1.82) is 0 Å². The fourth-order valence-corrected chi connectivity index (χ4v) is 2.83. The third-order valence-corrected chi connectivity index (χ3v) is 3.93. The van der Waals surface area contributed by atoms with E-state index in [2.05, 4.69) is 28.6 Å². The van der Waals surface area contributed by atoms with Gasteiger partial charge in [0.15, 0.2) is 0 Å². The summed E-state index contributed by atoms with van der Waals surface area (Å²) >= 11 is 1.91. The second kappa shape index (κ2) is 4.43. The molecule has 1 aliphatic heterocycles. The van der Waals surface area contributed by atoms with Gasteiger partial charge in [-0.1, -0.05) is 0 Å². The molecule has 14 heavy (non-hydrogen) atoms. The van der Waals surface area contributed by atoms with Gasteiger partial charge in [0.25, 0.3) is 0 Å². The van der Waals surface area contributed by atoms with Crippen LogP contribution in [-0.2, 0) is 13.0 Å². The molecule has 1 N–H and O–H groups in total. The monoisotopic (exact) mass is 210 g/mol. The number of nitrogens with one attached hydrogen (secondary N) is 1. The van der Waals surface area contributed by atoms with Crippen LogP contribution in [0.3, 0.4) is 0 Å². The van der Waals surface area contributed by atoms with E-state index in [0.717, 1.165) is 13.1 Å². The van der Waals surface area contributed by atoms with E-state index in [1.54, 1.807) is 10.4 Å². The lowest BCUT2D eigenvalue weighted by Gasteiger charge is -2.29. The van der Waals surface area contributed by atoms with E-state index >= 15 is 0 Å². The Kier molecular flexibility index (Phi) is 3.21. The van der Waals surface area contributed by atoms with Crippen LogP contribution in [0.5, 0.6) is 0 Å². The Hall–Kier alpha value is -0.380. The van der Waals surface area contributed by atoms with E-state index < -0.39 is 0 Å². The summed E-state index contributed by atoms with van der Waals surface area (Å²) in [6, 6.07) is 2.87. The van der Waals surface area contributed by atoms with Gasteiger partial charge in [0.2, 0.25) is 0 Å². The zero-order chi connectivity index (χ0) is 9.97. The molecule has 0 radical (unpaired) electrons.